The van der Waals surface area contributed by atoms with Crippen LogP contribution < -0.4 is 0 Å². The SMILES string of the molecule is CC(C)(C)[Si](C)(C)OCCn1ccnc1-c1ccccc1.OCCBr. The minimum absolute atomic E-state index is 0.236. The van der Waals surface area contributed by atoms with Gasteiger partial charge in [-0.2, -0.15) is 0 Å². The van der Waals surface area contributed by atoms with E-state index in [-0.39, 0.29) is 11.6 Å². The van der Waals surface area contributed by atoms with Crippen LogP contribution in [-0.2, 0) is 11.0 Å². The molecule has 2 rings (SSSR count). The van der Waals surface area contributed by atoms with Gasteiger partial charge >= 0.3 is 0 Å². The second-order valence-electron chi connectivity index (χ2n) is 7.33. The zero-order chi connectivity index (χ0) is 18.9. The van der Waals surface area contributed by atoms with E-state index in [1.54, 1.807) is 0 Å². The summed E-state index contributed by atoms with van der Waals surface area (Å²) in [6, 6.07) is 10.3. The van der Waals surface area contributed by atoms with Crippen molar-refractivity contribution >= 4 is 24.2 Å². The first-order chi connectivity index (χ1) is 11.7. The maximum Gasteiger partial charge on any atom is 0.192 e. The van der Waals surface area contributed by atoms with Gasteiger partial charge < -0.3 is 14.1 Å². The van der Waals surface area contributed by atoms with Gasteiger partial charge in [0.05, 0.1) is 13.2 Å². The van der Waals surface area contributed by atoms with E-state index in [0.717, 1.165) is 24.5 Å². The Hall–Kier alpha value is -0.953. The van der Waals surface area contributed by atoms with Crippen LogP contribution in [0.5, 0.6) is 0 Å². The molecular formula is C19H31BrN2O2Si. The van der Waals surface area contributed by atoms with E-state index in [2.05, 4.69) is 71.5 Å². The molecule has 2 aromatic rings. The maximum atomic E-state index is 7.83. The van der Waals surface area contributed by atoms with Crippen molar-refractivity contribution in [3.05, 3.63) is 42.7 Å². The van der Waals surface area contributed by atoms with Gasteiger partial charge in [-0.3, -0.25) is 0 Å². The lowest BCUT2D eigenvalue weighted by molar-refractivity contribution is 0.272. The summed E-state index contributed by atoms with van der Waals surface area (Å²) in [5, 5.41) is 8.77. The largest absolute Gasteiger partial charge is 0.415 e. The van der Waals surface area contributed by atoms with Crippen LogP contribution in [0.4, 0.5) is 0 Å². The summed E-state index contributed by atoms with van der Waals surface area (Å²) in [6.07, 6.45) is 3.88. The predicted octanol–water partition coefficient (Wildman–Crippen LogP) is 4.95. The lowest BCUT2D eigenvalue weighted by Crippen LogP contribution is -2.41. The number of alkyl halides is 1. The molecule has 0 bridgehead atoms. The monoisotopic (exact) mass is 426 g/mol. The highest BCUT2D eigenvalue weighted by atomic mass is 79.9. The summed E-state index contributed by atoms with van der Waals surface area (Å²) in [5.74, 6) is 1.01. The average molecular weight is 427 g/mol. The molecule has 0 saturated carbocycles. The number of nitrogens with zero attached hydrogens (tertiary/aromatic N) is 2. The Balaban J connectivity index is 0.000000705. The highest BCUT2D eigenvalue weighted by molar-refractivity contribution is 9.09. The molecule has 0 atom stereocenters. The Morgan fingerprint density at radius 1 is 1.20 bits per heavy atom. The predicted molar refractivity (Wildman–Crippen MR) is 112 cm³/mol. The molecule has 0 aliphatic carbocycles. The number of rotatable bonds is 6. The molecule has 1 aromatic carbocycles. The van der Waals surface area contributed by atoms with Crippen LogP contribution in [0.2, 0.25) is 18.1 Å². The summed E-state index contributed by atoms with van der Waals surface area (Å²) >= 11 is 3.00. The fourth-order valence-electron chi connectivity index (χ4n) is 1.95. The second-order valence-corrected chi connectivity index (χ2v) is 12.9. The minimum atomic E-state index is -1.67. The van der Waals surface area contributed by atoms with Crippen molar-refractivity contribution in [3.63, 3.8) is 0 Å². The van der Waals surface area contributed by atoms with Gasteiger partial charge in [-0.1, -0.05) is 67.0 Å². The van der Waals surface area contributed by atoms with Gasteiger partial charge in [0, 0.05) is 29.8 Å². The third-order valence-electron chi connectivity index (χ3n) is 4.43. The number of hydrogen-bond acceptors (Lipinski definition) is 3. The van der Waals surface area contributed by atoms with E-state index in [0.29, 0.717) is 5.33 Å². The Kier molecular flexibility index (Phi) is 9.06. The molecular weight excluding hydrogens is 396 g/mol. The van der Waals surface area contributed by atoms with Crippen LogP contribution in [0, 0.1) is 0 Å². The van der Waals surface area contributed by atoms with Crippen molar-refractivity contribution in [3.8, 4) is 11.4 Å². The van der Waals surface area contributed by atoms with E-state index in [4.69, 9.17) is 9.53 Å². The fraction of sp³-hybridized carbons (Fsp3) is 0.526. The molecule has 140 valence electrons. The molecule has 0 radical (unpaired) electrons. The van der Waals surface area contributed by atoms with Gasteiger partial charge in [-0.05, 0) is 18.1 Å². The topological polar surface area (TPSA) is 47.3 Å². The zero-order valence-electron chi connectivity index (χ0n) is 16.0. The first kappa shape index (κ1) is 22.1. The van der Waals surface area contributed by atoms with Gasteiger partial charge in [0.2, 0.25) is 0 Å². The van der Waals surface area contributed by atoms with Crippen molar-refractivity contribution in [2.45, 2.75) is 45.4 Å². The molecule has 0 aliphatic rings. The molecule has 0 saturated heterocycles. The molecule has 0 unspecified atom stereocenters. The molecule has 0 amide bonds. The van der Waals surface area contributed by atoms with Crippen molar-refractivity contribution in [1.29, 1.82) is 0 Å². The van der Waals surface area contributed by atoms with Crippen molar-refractivity contribution in [2.24, 2.45) is 0 Å². The number of halogens is 1. The fourth-order valence-corrected chi connectivity index (χ4v) is 2.99. The Morgan fingerprint density at radius 2 is 1.80 bits per heavy atom. The van der Waals surface area contributed by atoms with Crippen LogP contribution in [0.3, 0.4) is 0 Å². The van der Waals surface area contributed by atoms with Crippen LogP contribution in [-0.4, -0.2) is 41.5 Å². The first-order valence-electron chi connectivity index (χ1n) is 8.60. The van der Waals surface area contributed by atoms with E-state index < -0.39 is 8.32 Å². The lowest BCUT2D eigenvalue weighted by atomic mass is 10.2. The van der Waals surface area contributed by atoms with Crippen LogP contribution >= 0.6 is 15.9 Å². The van der Waals surface area contributed by atoms with Crippen molar-refractivity contribution in [2.75, 3.05) is 18.5 Å². The number of aliphatic hydroxyl groups is 1. The second kappa shape index (κ2) is 10.3. The molecule has 1 aromatic heterocycles. The summed E-state index contributed by atoms with van der Waals surface area (Å²) in [6.45, 7) is 13.2. The van der Waals surface area contributed by atoms with Gasteiger partial charge in [0.15, 0.2) is 8.32 Å². The lowest BCUT2D eigenvalue weighted by Gasteiger charge is -2.36. The van der Waals surface area contributed by atoms with Crippen molar-refractivity contribution < 1.29 is 9.53 Å². The summed E-state index contributed by atoms with van der Waals surface area (Å²) in [4.78, 5) is 4.47. The molecule has 0 aliphatic heterocycles. The zero-order valence-corrected chi connectivity index (χ0v) is 18.6. The molecule has 25 heavy (non-hydrogen) atoms. The van der Waals surface area contributed by atoms with E-state index >= 15 is 0 Å². The number of hydrogen-bond donors (Lipinski definition) is 1. The van der Waals surface area contributed by atoms with E-state index in [9.17, 15) is 0 Å². The standard InChI is InChI=1S/C17H26N2OSi.C2H5BrO/c1-17(2,3)21(4,5)20-14-13-19-12-11-18-16(19)15-9-7-6-8-10-15;3-1-2-4/h6-12H,13-14H2,1-5H3;4H,1-2H2. The maximum absolute atomic E-state index is 7.83. The Morgan fingerprint density at radius 3 is 2.32 bits per heavy atom. The van der Waals surface area contributed by atoms with Crippen molar-refractivity contribution in [1.82, 2.24) is 9.55 Å². The van der Waals surface area contributed by atoms with Crippen LogP contribution in [0.25, 0.3) is 11.4 Å². The van der Waals surface area contributed by atoms with Gasteiger partial charge in [-0.15, -0.1) is 0 Å². The van der Waals surface area contributed by atoms with Crippen LogP contribution in [0.15, 0.2) is 42.7 Å². The quantitative estimate of drug-likeness (QED) is 0.524. The van der Waals surface area contributed by atoms with E-state index in [1.807, 2.05) is 30.6 Å². The number of aromatic nitrogens is 2. The normalized spacial score (nSPS) is 11.8. The highest BCUT2D eigenvalue weighted by Crippen LogP contribution is 2.36. The molecule has 4 nitrogen and oxygen atoms in total. The van der Waals surface area contributed by atoms with Gasteiger partial charge in [0.25, 0.3) is 0 Å². The Bertz CT molecular complexity index is 607. The number of imidazole rings is 1. The molecule has 1 heterocycles. The van der Waals surface area contributed by atoms with Gasteiger partial charge in [-0.25, -0.2) is 4.98 Å². The summed E-state index contributed by atoms with van der Waals surface area (Å²) < 4.78 is 8.42. The Labute approximate surface area is 161 Å². The molecule has 0 fully saturated rings. The third-order valence-corrected chi connectivity index (χ3v) is 9.33. The van der Waals surface area contributed by atoms with Gasteiger partial charge in [0.1, 0.15) is 5.82 Å². The smallest absolute Gasteiger partial charge is 0.192 e. The first-order valence-corrected chi connectivity index (χ1v) is 12.6. The number of benzene rings is 1. The molecule has 0 spiro atoms. The highest BCUT2D eigenvalue weighted by Gasteiger charge is 2.36. The third kappa shape index (κ3) is 7.05. The number of aliphatic hydroxyl groups excluding tert-OH is 1. The summed E-state index contributed by atoms with van der Waals surface area (Å²) in [5.41, 5.74) is 1.15. The molecule has 1 N–H and O–H groups in total. The van der Waals surface area contributed by atoms with E-state index in [1.165, 1.54) is 0 Å². The van der Waals surface area contributed by atoms with Crippen LogP contribution in [0.1, 0.15) is 20.8 Å². The summed E-state index contributed by atoms with van der Waals surface area (Å²) in [7, 11) is -1.67. The molecule has 6 heteroatoms. The minimum Gasteiger partial charge on any atom is -0.415 e. The average Bonchev–Trinajstić information content (AvgIpc) is 3.03.